The minimum absolute atomic E-state index is 0.335. The van der Waals surface area contributed by atoms with Crippen LogP contribution in [0.25, 0.3) is 0 Å². The van der Waals surface area contributed by atoms with E-state index in [4.69, 9.17) is 4.74 Å². The van der Waals surface area contributed by atoms with Crippen molar-refractivity contribution in [3.05, 3.63) is 41.5 Å². The summed E-state index contributed by atoms with van der Waals surface area (Å²) < 4.78 is 18.8. The second-order valence-corrected chi connectivity index (χ2v) is 4.18. The van der Waals surface area contributed by atoms with Gasteiger partial charge < -0.3 is 10.1 Å². The molecule has 1 heterocycles. The third-order valence-electron chi connectivity index (χ3n) is 2.54. The van der Waals surface area contributed by atoms with E-state index in [1.807, 2.05) is 13.8 Å². The van der Waals surface area contributed by atoms with Crippen molar-refractivity contribution in [3.63, 3.8) is 0 Å². The van der Waals surface area contributed by atoms with E-state index in [1.54, 1.807) is 19.1 Å². The number of nitrogens with zero attached hydrogens (tertiary/aromatic N) is 2. The summed E-state index contributed by atoms with van der Waals surface area (Å²) in [6.45, 7) is 6.38. The molecule has 1 aromatic heterocycles. The summed E-state index contributed by atoms with van der Waals surface area (Å²) in [6.07, 6.45) is 0. The van der Waals surface area contributed by atoms with Crippen LogP contribution in [0, 0.1) is 19.7 Å². The molecule has 0 fully saturated rings. The molecule has 0 aliphatic heterocycles. The first kappa shape index (κ1) is 13.3. The van der Waals surface area contributed by atoms with Crippen molar-refractivity contribution >= 4 is 5.82 Å². The van der Waals surface area contributed by atoms with Crippen LogP contribution in [0.1, 0.15) is 18.3 Å². The Morgan fingerprint density at radius 2 is 2.00 bits per heavy atom. The molecular formula is C14H16FN3O. The molecule has 4 nitrogen and oxygen atoms in total. The van der Waals surface area contributed by atoms with E-state index in [0.717, 1.165) is 12.1 Å². The van der Waals surface area contributed by atoms with Gasteiger partial charge in [0.1, 0.15) is 23.2 Å². The fourth-order valence-electron chi connectivity index (χ4n) is 1.66. The van der Waals surface area contributed by atoms with Gasteiger partial charge in [0.2, 0.25) is 5.88 Å². The molecule has 19 heavy (non-hydrogen) atoms. The third kappa shape index (κ3) is 3.40. The van der Waals surface area contributed by atoms with Crippen LogP contribution >= 0.6 is 0 Å². The summed E-state index contributed by atoms with van der Waals surface area (Å²) in [5, 5.41) is 3.10. The van der Waals surface area contributed by atoms with Gasteiger partial charge in [-0.15, -0.1) is 0 Å². The molecule has 2 aromatic rings. The van der Waals surface area contributed by atoms with Crippen molar-refractivity contribution in [2.45, 2.75) is 20.8 Å². The minimum Gasteiger partial charge on any atom is -0.438 e. The number of rotatable bonds is 4. The van der Waals surface area contributed by atoms with Crippen LogP contribution in [-0.2, 0) is 0 Å². The Balaban J connectivity index is 2.29. The maximum absolute atomic E-state index is 13.2. The zero-order valence-electron chi connectivity index (χ0n) is 11.2. The molecule has 0 aliphatic rings. The third-order valence-corrected chi connectivity index (χ3v) is 2.54. The lowest BCUT2D eigenvalue weighted by atomic mass is 10.2. The van der Waals surface area contributed by atoms with E-state index in [2.05, 4.69) is 15.3 Å². The Morgan fingerprint density at radius 3 is 2.74 bits per heavy atom. The van der Waals surface area contributed by atoms with Crippen molar-refractivity contribution < 1.29 is 9.13 Å². The number of aromatic nitrogens is 2. The monoisotopic (exact) mass is 261 g/mol. The first-order valence-electron chi connectivity index (χ1n) is 6.12. The summed E-state index contributed by atoms with van der Waals surface area (Å²) in [7, 11) is 0. The van der Waals surface area contributed by atoms with E-state index >= 15 is 0 Å². The van der Waals surface area contributed by atoms with Gasteiger partial charge in [0.15, 0.2) is 0 Å². The van der Waals surface area contributed by atoms with Gasteiger partial charge >= 0.3 is 0 Å². The lowest BCUT2D eigenvalue weighted by Gasteiger charge is -2.10. The second-order valence-electron chi connectivity index (χ2n) is 4.18. The lowest BCUT2D eigenvalue weighted by molar-refractivity contribution is 0.452. The second kappa shape index (κ2) is 5.65. The van der Waals surface area contributed by atoms with E-state index < -0.39 is 0 Å². The number of halogens is 1. The zero-order chi connectivity index (χ0) is 13.8. The Kier molecular flexibility index (Phi) is 3.94. The number of hydrogen-bond donors (Lipinski definition) is 1. The lowest BCUT2D eigenvalue weighted by Crippen LogP contribution is -2.02. The van der Waals surface area contributed by atoms with Crippen molar-refractivity contribution in [1.82, 2.24) is 9.97 Å². The molecule has 0 spiro atoms. The standard InChI is InChI=1S/C14H16FN3O/c1-4-16-13-8-14(18-10(3)17-13)19-12-7-11(15)6-5-9(12)2/h5-8H,4H2,1-3H3,(H,16,17,18). The maximum atomic E-state index is 13.2. The Hall–Kier alpha value is -2.17. The highest BCUT2D eigenvalue weighted by Gasteiger charge is 2.07. The summed E-state index contributed by atoms with van der Waals surface area (Å²) >= 11 is 0. The fourth-order valence-corrected chi connectivity index (χ4v) is 1.66. The fraction of sp³-hybridized carbons (Fsp3) is 0.286. The quantitative estimate of drug-likeness (QED) is 0.915. The molecule has 1 N–H and O–H groups in total. The van der Waals surface area contributed by atoms with Gasteiger partial charge in [-0.1, -0.05) is 6.07 Å². The average Bonchev–Trinajstić information content (AvgIpc) is 2.33. The maximum Gasteiger partial charge on any atom is 0.224 e. The van der Waals surface area contributed by atoms with Gasteiger partial charge in [-0.05, 0) is 32.4 Å². The number of nitrogens with one attached hydrogen (secondary N) is 1. The van der Waals surface area contributed by atoms with Gasteiger partial charge in [0, 0.05) is 18.7 Å². The Morgan fingerprint density at radius 1 is 1.21 bits per heavy atom. The highest BCUT2D eigenvalue weighted by molar-refractivity contribution is 5.41. The first-order chi connectivity index (χ1) is 9.08. The predicted octanol–water partition coefficient (Wildman–Crippen LogP) is 3.46. The molecule has 0 radical (unpaired) electrons. The van der Waals surface area contributed by atoms with Crippen LogP contribution < -0.4 is 10.1 Å². The Bertz CT molecular complexity index is 587. The van der Waals surface area contributed by atoms with E-state index in [9.17, 15) is 4.39 Å². The predicted molar refractivity (Wildman–Crippen MR) is 72.1 cm³/mol. The Labute approximate surface area is 111 Å². The topological polar surface area (TPSA) is 47.0 Å². The van der Waals surface area contributed by atoms with E-state index in [-0.39, 0.29) is 5.82 Å². The van der Waals surface area contributed by atoms with Gasteiger partial charge in [-0.2, -0.15) is 4.98 Å². The molecule has 0 unspecified atom stereocenters. The molecule has 5 heteroatoms. The summed E-state index contributed by atoms with van der Waals surface area (Å²) in [6, 6.07) is 6.11. The normalized spacial score (nSPS) is 10.3. The van der Waals surface area contributed by atoms with Crippen LogP contribution in [0.2, 0.25) is 0 Å². The average molecular weight is 261 g/mol. The number of anilines is 1. The highest BCUT2D eigenvalue weighted by Crippen LogP contribution is 2.25. The van der Waals surface area contributed by atoms with Crippen LogP contribution in [0.5, 0.6) is 11.6 Å². The summed E-state index contributed by atoms with van der Waals surface area (Å²) in [5.74, 6) is 1.82. The molecule has 1 aromatic carbocycles. The molecule has 0 saturated heterocycles. The number of benzene rings is 1. The SMILES string of the molecule is CCNc1cc(Oc2cc(F)ccc2C)nc(C)n1. The zero-order valence-corrected chi connectivity index (χ0v) is 11.2. The molecule has 0 atom stereocenters. The summed E-state index contributed by atoms with van der Waals surface area (Å²) in [5.41, 5.74) is 0.850. The van der Waals surface area contributed by atoms with E-state index in [0.29, 0.717) is 23.3 Å². The molecular weight excluding hydrogens is 245 g/mol. The molecule has 100 valence electrons. The van der Waals surface area contributed by atoms with Crippen molar-refractivity contribution in [3.8, 4) is 11.6 Å². The van der Waals surface area contributed by atoms with Crippen LogP contribution in [0.15, 0.2) is 24.3 Å². The van der Waals surface area contributed by atoms with Gasteiger partial charge in [-0.25, -0.2) is 9.37 Å². The van der Waals surface area contributed by atoms with Crippen molar-refractivity contribution in [2.24, 2.45) is 0 Å². The van der Waals surface area contributed by atoms with Crippen molar-refractivity contribution in [2.75, 3.05) is 11.9 Å². The van der Waals surface area contributed by atoms with Gasteiger partial charge in [-0.3, -0.25) is 0 Å². The number of ether oxygens (including phenoxy) is 1. The van der Waals surface area contributed by atoms with Crippen LogP contribution in [0.3, 0.4) is 0 Å². The smallest absolute Gasteiger partial charge is 0.224 e. The minimum atomic E-state index is -0.335. The molecule has 0 bridgehead atoms. The van der Waals surface area contributed by atoms with Crippen LogP contribution in [0.4, 0.5) is 10.2 Å². The van der Waals surface area contributed by atoms with Gasteiger partial charge in [0.05, 0.1) is 0 Å². The number of aryl methyl sites for hydroxylation is 2. The largest absolute Gasteiger partial charge is 0.438 e. The van der Waals surface area contributed by atoms with Crippen LogP contribution in [-0.4, -0.2) is 16.5 Å². The number of hydrogen-bond acceptors (Lipinski definition) is 4. The first-order valence-corrected chi connectivity index (χ1v) is 6.12. The van der Waals surface area contributed by atoms with Gasteiger partial charge in [0.25, 0.3) is 0 Å². The molecule has 0 aliphatic carbocycles. The van der Waals surface area contributed by atoms with E-state index in [1.165, 1.54) is 12.1 Å². The molecule has 2 rings (SSSR count). The highest BCUT2D eigenvalue weighted by atomic mass is 19.1. The molecule has 0 saturated carbocycles. The molecule has 0 amide bonds. The summed E-state index contributed by atoms with van der Waals surface area (Å²) in [4.78, 5) is 8.42. The van der Waals surface area contributed by atoms with Crippen molar-refractivity contribution in [1.29, 1.82) is 0 Å².